The summed E-state index contributed by atoms with van der Waals surface area (Å²) in [5.74, 6) is 0. The molecule has 0 bridgehead atoms. The van der Waals surface area contributed by atoms with E-state index < -0.39 is 15.3 Å². The molecule has 0 saturated heterocycles. The van der Waals surface area contributed by atoms with Crippen LogP contribution < -0.4 is 10.0 Å². The predicted molar refractivity (Wildman–Crippen MR) is 74.2 cm³/mol. The number of anilines is 1. The minimum Gasteiger partial charge on any atom is -0.313 e. The highest BCUT2D eigenvalue weighted by Gasteiger charge is 2.25. The summed E-state index contributed by atoms with van der Waals surface area (Å²) >= 11 is 0. The third kappa shape index (κ3) is 3.46. The van der Waals surface area contributed by atoms with E-state index in [1.165, 1.54) is 0 Å². The Morgan fingerprint density at radius 1 is 1.33 bits per heavy atom. The third-order valence-electron chi connectivity index (χ3n) is 3.20. The number of benzene rings is 1. The van der Waals surface area contributed by atoms with Gasteiger partial charge in [0.2, 0.25) is 10.0 Å². The van der Waals surface area contributed by atoms with Crippen LogP contribution in [-0.4, -0.2) is 26.3 Å². The van der Waals surface area contributed by atoms with E-state index in [2.05, 4.69) is 10.0 Å². The Morgan fingerprint density at radius 2 is 2.00 bits per heavy atom. The van der Waals surface area contributed by atoms with Gasteiger partial charge in [0.1, 0.15) is 0 Å². The van der Waals surface area contributed by atoms with Crippen molar-refractivity contribution in [3.8, 4) is 0 Å². The molecule has 5 heteroatoms. The summed E-state index contributed by atoms with van der Waals surface area (Å²) in [5, 5.41) is 2.81. The van der Waals surface area contributed by atoms with Crippen molar-refractivity contribution < 1.29 is 8.42 Å². The zero-order valence-electron chi connectivity index (χ0n) is 10.8. The molecule has 2 rings (SSSR count). The van der Waals surface area contributed by atoms with Crippen LogP contribution in [0.2, 0.25) is 0 Å². The summed E-state index contributed by atoms with van der Waals surface area (Å²) in [6.45, 7) is 4.13. The molecule has 18 heavy (non-hydrogen) atoms. The van der Waals surface area contributed by atoms with Crippen LogP contribution in [-0.2, 0) is 10.0 Å². The molecule has 0 aliphatic heterocycles. The standard InChI is InChI=1S/C13H20N2O2S/c1-10-5-3-4-6-13(10)15-18(16,17)11(2)9-14-12-7-8-12/h3-6,11-12,14-15H,7-9H2,1-2H3. The maximum absolute atomic E-state index is 12.1. The minimum absolute atomic E-state index is 0.433. The van der Waals surface area contributed by atoms with Crippen molar-refractivity contribution in [2.45, 2.75) is 38.0 Å². The van der Waals surface area contributed by atoms with Crippen LogP contribution in [0.15, 0.2) is 24.3 Å². The average molecular weight is 268 g/mol. The second-order valence-corrected chi connectivity index (χ2v) is 7.05. The van der Waals surface area contributed by atoms with Gasteiger partial charge in [0.05, 0.1) is 10.9 Å². The Balaban J connectivity index is 1.99. The molecule has 1 atom stereocenters. The molecule has 1 fully saturated rings. The fraction of sp³-hybridized carbons (Fsp3) is 0.538. The van der Waals surface area contributed by atoms with Crippen LogP contribution in [0, 0.1) is 6.92 Å². The van der Waals surface area contributed by atoms with Gasteiger partial charge in [-0.15, -0.1) is 0 Å². The summed E-state index contributed by atoms with van der Waals surface area (Å²) in [4.78, 5) is 0. The lowest BCUT2D eigenvalue weighted by molar-refractivity contribution is 0.576. The van der Waals surface area contributed by atoms with E-state index in [0.29, 0.717) is 18.3 Å². The topological polar surface area (TPSA) is 58.2 Å². The van der Waals surface area contributed by atoms with Crippen molar-refractivity contribution >= 4 is 15.7 Å². The van der Waals surface area contributed by atoms with Crippen molar-refractivity contribution in [3.63, 3.8) is 0 Å². The zero-order valence-corrected chi connectivity index (χ0v) is 11.6. The molecule has 1 unspecified atom stereocenters. The monoisotopic (exact) mass is 268 g/mol. The fourth-order valence-electron chi connectivity index (χ4n) is 1.67. The van der Waals surface area contributed by atoms with Crippen molar-refractivity contribution in [1.29, 1.82) is 0 Å². The smallest absolute Gasteiger partial charge is 0.236 e. The van der Waals surface area contributed by atoms with E-state index >= 15 is 0 Å². The molecule has 0 amide bonds. The fourth-order valence-corrected chi connectivity index (χ4v) is 2.72. The second kappa shape index (κ2) is 5.28. The number of sulfonamides is 1. The molecule has 1 aliphatic rings. The molecule has 0 spiro atoms. The van der Waals surface area contributed by atoms with E-state index in [0.717, 1.165) is 18.4 Å². The minimum atomic E-state index is -3.32. The number of hydrogen-bond donors (Lipinski definition) is 2. The zero-order chi connectivity index (χ0) is 13.2. The van der Waals surface area contributed by atoms with Crippen molar-refractivity contribution in [2.75, 3.05) is 11.3 Å². The van der Waals surface area contributed by atoms with Gasteiger partial charge in [-0.2, -0.15) is 0 Å². The lowest BCUT2D eigenvalue weighted by Crippen LogP contribution is -2.35. The van der Waals surface area contributed by atoms with Gasteiger partial charge in [0.15, 0.2) is 0 Å². The van der Waals surface area contributed by atoms with Gasteiger partial charge in [-0.3, -0.25) is 4.72 Å². The average Bonchev–Trinajstić information content (AvgIpc) is 3.12. The molecule has 0 aromatic heterocycles. The molecule has 1 aromatic carbocycles. The van der Waals surface area contributed by atoms with Crippen molar-refractivity contribution in [2.24, 2.45) is 0 Å². The Kier molecular flexibility index (Phi) is 3.92. The SMILES string of the molecule is Cc1ccccc1NS(=O)(=O)C(C)CNC1CC1. The molecule has 100 valence electrons. The summed E-state index contributed by atoms with van der Waals surface area (Å²) in [5.41, 5.74) is 1.60. The molecule has 1 saturated carbocycles. The molecule has 1 aromatic rings. The van der Waals surface area contributed by atoms with Gasteiger partial charge in [-0.05, 0) is 38.3 Å². The second-order valence-electron chi connectivity index (χ2n) is 4.96. The first-order chi connectivity index (χ1) is 8.49. The van der Waals surface area contributed by atoms with E-state index in [9.17, 15) is 8.42 Å². The highest BCUT2D eigenvalue weighted by atomic mass is 32.2. The largest absolute Gasteiger partial charge is 0.313 e. The van der Waals surface area contributed by atoms with Gasteiger partial charge in [0, 0.05) is 12.6 Å². The highest BCUT2D eigenvalue weighted by Crippen LogP contribution is 2.20. The van der Waals surface area contributed by atoms with Crippen LogP contribution >= 0.6 is 0 Å². The Bertz CT molecular complexity index is 509. The Hall–Kier alpha value is -1.07. The number of nitrogens with one attached hydrogen (secondary N) is 2. The summed E-state index contributed by atoms with van der Waals surface area (Å²) in [6, 6.07) is 7.93. The Morgan fingerprint density at radius 3 is 2.61 bits per heavy atom. The van der Waals surface area contributed by atoms with Gasteiger partial charge in [-0.1, -0.05) is 18.2 Å². The lowest BCUT2D eigenvalue weighted by Gasteiger charge is -2.16. The van der Waals surface area contributed by atoms with Gasteiger partial charge < -0.3 is 5.32 Å². The first kappa shape index (κ1) is 13.4. The lowest BCUT2D eigenvalue weighted by atomic mass is 10.2. The van der Waals surface area contributed by atoms with Crippen LogP contribution in [0.3, 0.4) is 0 Å². The van der Waals surface area contributed by atoms with Crippen LogP contribution in [0.5, 0.6) is 0 Å². The molecule has 2 N–H and O–H groups in total. The first-order valence-electron chi connectivity index (χ1n) is 6.29. The van der Waals surface area contributed by atoms with Crippen LogP contribution in [0.25, 0.3) is 0 Å². The normalized spacial score (nSPS) is 17.4. The van der Waals surface area contributed by atoms with Gasteiger partial charge >= 0.3 is 0 Å². The van der Waals surface area contributed by atoms with E-state index in [4.69, 9.17) is 0 Å². The van der Waals surface area contributed by atoms with E-state index in [1.54, 1.807) is 13.0 Å². The maximum Gasteiger partial charge on any atom is 0.236 e. The Labute approximate surface area is 109 Å². The summed E-state index contributed by atoms with van der Waals surface area (Å²) in [7, 11) is -3.32. The van der Waals surface area contributed by atoms with E-state index in [-0.39, 0.29) is 0 Å². The molecule has 4 nitrogen and oxygen atoms in total. The van der Waals surface area contributed by atoms with Crippen molar-refractivity contribution in [3.05, 3.63) is 29.8 Å². The quantitative estimate of drug-likeness (QED) is 0.828. The number of rotatable bonds is 6. The van der Waals surface area contributed by atoms with Crippen LogP contribution in [0.1, 0.15) is 25.3 Å². The number of aryl methyl sites for hydroxylation is 1. The number of hydrogen-bond acceptors (Lipinski definition) is 3. The summed E-state index contributed by atoms with van der Waals surface area (Å²) < 4.78 is 26.9. The van der Waals surface area contributed by atoms with E-state index in [1.807, 2.05) is 25.1 Å². The number of para-hydroxylation sites is 1. The molecule has 1 aliphatic carbocycles. The third-order valence-corrected chi connectivity index (χ3v) is 4.93. The molecular weight excluding hydrogens is 248 g/mol. The van der Waals surface area contributed by atoms with Gasteiger partial charge in [-0.25, -0.2) is 8.42 Å². The maximum atomic E-state index is 12.1. The first-order valence-corrected chi connectivity index (χ1v) is 7.84. The molecular formula is C13H20N2O2S. The molecule has 0 heterocycles. The van der Waals surface area contributed by atoms with Crippen LogP contribution in [0.4, 0.5) is 5.69 Å². The molecule has 0 radical (unpaired) electrons. The van der Waals surface area contributed by atoms with Gasteiger partial charge in [0.25, 0.3) is 0 Å². The highest BCUT2D eigenvalue weighted by molar-refractivity contribution is 7.93. The van der Waals surface area contributed by atoms with Crippen molar-refractivity contribution in [1.82, 2.24) is 5.32 Å². The summed E-state index contributed by atoms with van der Waals surface area (Å²) in [6.07, 6.45) is 2.33. The predicted octanol–water partition coefficient (Wildman–Crippen LogP) is 1.88.